The molecule has 21 heavy (non-hydrogen) atoms. The summed E-state index contributed by atoms with van der Waals surface area (Å²) in [5.74, 6) is 1.76. The van der Waals surface area contributed by atoms with Gasteiger partial charge in [-0.1, -0.05) is 45.7 Å². The summed E-state index contributed by atoms with van der Waals surface area (Å²) < 4.78 is 5.86. The maximum atomic E-state index is 5.86. The van der Waals surface area contributed by atoms with Crippen LogP contribution in [0.2, 0.25) is 0 Å². The molecule has 0 saturated heterocycles. The van der Waals surface area contributed by atoms with E-state index in [0.29, 0.717) is 12.1 Å². The molecule has 0 heterocycles. The van der Waals surface area contributed by atoms with Gasteiger partial charge in [0.15, 0.2) is 0 Å². The number of ether oxygens (including phenoxy) is 1. The van der Waals surface area contributed by atoms with Crippen LogP contribution in [0.3, 0.4) is 0 Å². The Morgan fingerprint density at radius 3 is 2.14 bits per heavy atom. The molecule has 1 aromatic carbocycles. The van der Waals surface area contributed by atoms with E-state index in [4.69, 9.17) is 4.74 Å². The Morgan fingerprint density at radius 2 is 1.67 bits per heavy atom. The third kappa shape index (κ3) is 5.03. The van der Waals surface area contributed by atoms with Gasteiger partial charge in [0, 0.05) is 6.04 Å². The summed E-state index contributed by atoms with van der Waals surface area (Å²) in [4.78, 5) is 0. The van der Waals surface area contributed by atoms with Crippen molar-refractivity contribution < 1.29 is 4.74 Å². The number of nitrogens with one attached hydrogen (secondary N) is 1. The third-order valence-corrected chi connectivity index (χ3v) is 4.28. The second kappa shape index (κ2) is 8.43. The molecule has 1 aliphatic rings. The van der Waals surface area contributed by atoms with E-state index < -0.39 is 0 Å². The van der Waals surface area contributed by atoms with Crippen molar-refractivity contribution >= 4 is 0 Å². The Bertz CT molecular complexity index is 391. The van der Waals surface area contributed by atoms with Crippen molar-refractivity contribution in [1.29, 1.82) is 0 Å². The normalized spacial score (nSPS) is 16.2. The first-order valence-electron chi connectivity index (χ1n) is 8.78. The summed E-state index contributed by atoms with van der Waals surface area (Å²) in [5.41, 5.74) is 1.41. The molecule has 0 amide bonds. The van der Waals surface area contributed by atoms with Crippen LogP contribution in [0.25, 0.3) is 0 Å². The maximum absolute atomic E-state index is 5.86. The highest BCUT2D eigenvalue weighted by Gasteiger charge is 2.24. The Labute approximate surface area is 130 Å². The van der Waals surface area contributed by atoms with Gasteiger partial charge in [0.1, 0.15) is 5.75 Å². The molecular formula is C19H31NO. The highest BCUT2D eigenvalue weighted by Crippen LogP contribution is 2.32. The minimum atomic E-state index is 0.477. The SMILES string of the molecule is CCCC(CCC)C(NCC)c1ccc(OC2CC2)cc1. The molecule has 0 aliphatic heterocycles. The number of hydrogen-bond acceptors (Lipinski definition) is 2. The molecule has 0 bridgehead atoms. The molecule has 0 radical (unpaired) electrons. The molecule has 0 spiro atoms. The fourth-order valence-corrected chi connectivity index (χ4v) is 3.13. The van der Waals surface area contributed by atoms with Crippen LogP contribution in [0.5, 0.6) is 5.75 Å². The number of rotatable bonds is 10. The zero-order chi connectivity index (χ0) is 15.1. The highest BCUT2D eigenvalue weighted by atomic mass is 16.5. The molecule has 1 fully saturated rings. The Hall–Kier alpha value is -1.02. The van der Waals surface area contributed by atoms with Crippen LogP contribution in [-0.2, 0) is 0 Å². The zero-order valence-electron chi connectivity index (χ0n) is 13.9. The van der Waals surface area contributed by atoms with Crippen LogP contribution in [0.15, 0.2) is 24.3 Å². The van der Waals surface area contributed by atoms with Gasteiger partial charge in [0.25, 0.3) is 0 Å². The van der Waals surface area contributed by atoms with Crippen molar-refractivity contribution in [3.8, 4) is 5.75 Å². The molecule has 1 aliphatic carbocycles. The lowest BCUT2D eigenvalue weighted by atomic mass is 9.86. The topological polar surface area (TPSA) is 21.3 Å². The Balaban J connectivity index is 2.07. The van der Waals surface area contributed by atoms with Crippen LogP contribution in [0, 0.1) is 5.92 Å². The van der Waals surface area contributed by atoms with Crippen molar-refractivity contribution in [3.05, 3.63) is 29.8 Å². The van der Waals surface area contributed by atoms with Crippen LogP contribution >= 0.6 is 0 Å². The second-order valence-electron chi connectivity index (χ2n) is 6.26. The van der Waals surface area contributed by atoms with Crippen molar-refractivity contribution in [1.82, 2.24) is 5.32 Å². The van der Waals surface area contributed by atoms with Crippen molar-refractivity contribution in [2.75, 3.05) is 6.54 Å². The van der Waals surface area contributed by atoms with Gasteiger partial charge in [-0.15, -0.1) is 0 Å². The summed E-state index contributed by atoms with van der Waals surface area (Å²) in [5, 5.41) is 3.70. The van der Waals surface area contributed by atoms with Crippen molar-refractivity contribution in [2.24, 2.45) is 5.92 Å². The van der Waals surface area contributed by atoms with E-state index >= 15 is 0 Å². The quantitative estimate of drug-likeness (QED) is 0.647. The van der Waals surface area contributed by atoms with E-state index in [2.05, 4.69) is 50.4 Å². The summed E-state index contributed by atoms with van der Waals surface area (Å²) >= 11 is 0. The lowest BCUT2D eigenvalue weighted by molar-refractivity contribution is 0.301. The van der Waals surface area contributed by atoms with Gasteiger partial charge in [-0.05, 0) is 55.8 Å². The fraction of sp³-hybridized carbons (Fsp3) is 0.684. The first-order valence-corrected chi connectivity index (χ1v) is 8.78. The molecular weight excluding hydrogens is 258 g/mol. The lowest BCUT2D eigenvalue weighted by Crippen LogP contribution is -2.28. The number of benzene rings is 1. The Morgan fingerprint density at radius 1 is 1.05 bits per heavy atom. The van der Waals surface area contributed by atoms with E-state index in [9.17, 15) is 0 Å². The van der Waals surface area contributed by atoms with E-state index in [1.54, 1.807) is 0 Å². The van der Waals surface area contributed by atoms with E-state index in [1.807, 2.05) is 0 Å². The van der Waals surface area contributed by atoms with Crippen molar-refractivity contribution in [2.45, 2.75) is 71.4 Å². The number of hydrogen-bond donors (Lipinski definition) is 1. The summed E-state index contributed by atoms with van der Waals surface area (Å²) in [6.45, 7) is 7.80. The van der Waals surface area contributed by atoms with Crippen molar-refractivity contribution in [3.63, 3.8) is 0 Å². The van der Waals surface area contributed by atoms with E-state index in [1.165, 1.54) is 44.1 Å². The minimum Gasteiger partial charge on any atom is -0.490 e. The molecule has 1 N–H and O–H groups in total. The molecule has 1 saturated carbocycles. The van der Waals surface area contributed by atoms with Gasteiger partial charge in [-0.25, -0.2) is 0 Å². The maximum Gasteiger partial charge on any atom is 0.119 e. The van der Waals surface area contributed by atoms with Crippen LogP contribution < -0.4 is 10.1 Å². The first-order chi connectivity index (χ1) is 10.3. The smallest absolute Gasteiger partial charge is 0.119 e. The summed E-state index contributed by atoms with van der Waals surface area (Å²) in [7, 11) is 0. The average molecular weight is 289 g/mol. The third-order valence-electron chi connectivity index (χ3n) is 4.28. The predicted octanol–water partition coefficient (Wildman–Crippen LogP) is 5.09. The average Bonchev–Trinajstić information content (AvgIpc) is 3.30. The molecule has 2 heteroatoms. The lowest BCUT2D eigenvalue weighted by Gasteiger charge is -2.28. The van der Waals surface area contributed by atoms with Gasteiger partial charge in [0.05, 0.1) is 6.10 Å². The molecule has 2 nitrogen and oxygen atoms in total. The second-order valence-corrected chi connectivity index (χ2v) is 6.26. The molecule has 1 unspecified atom stereocenters. The minimum absolute atomic E-state index is 0.477. The van der Waals surface area contributed by atoms with E-state index in [-0.39, 0.29) is 0 Å². The van der Waals surface area contributed by atoms with Crippen LogP contribution in [0.1, 0.15) is 70.9 Å². The largest absolute Gasteiger partial charge is 0.490 e. The molecule has 1 atom stereocenters. The fourth-order valence-electron chi connectivity index (χ4n) is 3.13. The molecule has 2 rings (SSSR count). The summed E-state index contributed by atoms with van der Waals surface area (Å²) in [6.07, 6.45) is 8.03. The standard InChI is InChI=1S/C19H31NO/c1-4-7-15(8-5-2)19(20-6-3)16-9-11-17(12-10-16)21-18-13-14-18/h9-12,15,18-20H,4-8,13-14H2,1-3H3. The van der Waals surface area contributed by atoms with Crippen LogP contribution in [-0.4, -0.2) is 12.6 Å². The van der Waals surface area contributed by atoms with Gasteiger partial charge in [0.2, 0.25) is 0 Å². The highest BCUT2D eigenvalue weighted by molar-refractivity contribution is 5.30. The van der Waals surface area contributed by atoms with Gasteiger partial charge < -0.3 is 10.1 Å². The first kappa shape index (κ1) is 16.4. The van der Waals surface area contributed by atoms with Gasteiger partial charge in [-0.3, -0.25) is 0 Å². The molecule has 1 aromatic rings. The zero-order valence-corrected chi connectivity index (χ0v) is 13.9. The Kier molecular flexibility index (Phi) is 6.56. The van der Waals surface area contributed by atoms with Crippen LogP contribution in [0.4, 0.5) is 0 Å². The van der Waals surface area contributed by atoms with Gasteiger partial charge >= 0.3 is 0 Å². The summed E-state index contributed by atoms with van der Waals surface area (Å²) in [6, 6.07) is 9.27. The predicted molar refractivity (Wildman–Crippen MR) is 89.8 cm³/mol. The van der Waals surface area contributed by atoms with E-state index in [0.717, 1.165) is 18.2 Å². The molecule has 0 aromatic heterocycles. The van der Waals surface area contributed by atoms with Gasteiger partial charge in [-0.2, -0.15) is 0 Å². The molecule has 118 valence electrons. The monoisotopic (exact) mass is 289 g/mol.